The van der Waals surface area contributed by atoms with Gasteiger partial charge in [-0.2, -0.15) is 8.75 Å². The SMILES string of the molecule is Cn1c(Cc2cccs2)nnc1SCC(=O)Nc1cccc2nsnc12. The minimum atomic E-state index is -0.113. The van der Waals surface area contributed by atoms with Gasteiger partial charge in [0.25, 0.3) is 0 Å². The molecule has 0 saturated heterocycles. The number of anilines is 1. The lowest BCUT2D eigenvalue weighted by Crippen LogP contribution is -2.14. The third-order valence-electron chi connectivity index (χ3n) is 3.73. The quantitative estimate of drug-likeness (QED) is 0.499. The molecule has 3 aromatic heterocycles. The van der Waals surface area contributed by atoms with Crippen LogP contribution in [0.25, 0.3) is 11.0 Å². The average Bonchev–Trinajstić information content (AvgIpc) is 3.37. The summed E-state index contributed by atoms with van der Waals surface area (Å²) in [5, 5.41) is 14.1. The maximum atomic E-state index is 12.3. The standard InChI is InChI=1S/C16H14N6OS3/c1-22-13(8-10-4-3-7-24-10)18-19-16(22)25-9-14(23)17-11-5-2-6-12-15(11)21-26-20-12/h2-7H,8-9H2,1H3,(H,17,23). The molecule has 0 atom stereocenters. The van der Waals surface area contributed by atoms with Crippen molar-refractivity contribution in [1.82, 2.24) is 23.5 Å². The van der Waals surface area contributed by atoms with Crippen molar-refractivity contribution in [3.8, 4) is 0 Å². The number of nitrogens with zero attached hydrogens (tertiary/aromatic N) is 5. The Morgan fingerprint density at radius 2 is 2.15 bits per heavy atom. The first kappa shape index (κ1) is 17.1. The number of carbonyl (C=O) groups is 1. The summed E-state index contributed by atoms with van der Waals surface area (Å²) in [4.78, 5) is 13.5. The van der Waals surface area contributed by atoms with E-state index in [1.54, 1.807) is 11.3 Å². The number of rotatable bonds is 6. The molecule has 0 aliphatic rings. The van der Waals surface area contributed by atoms with E-state index in [4.69, 9.17) is 0 Å². The van der Waals surface area contributed by atoms with Crippen LogP contribution in [0, 0.1) is 0 Å². The van der Waals surface area contributed by atoms with Crippen LogP contribution in [0.4, 0.5) is 5.69 Å². The first-order valence-corrected chi connectivity index (χ1v) is 10.3. The zero-order chi connectivity index (χ0) is 17.9. The molecule has 4 rings (SSSR count). The number of nitrogens with one attached hydrogen (secondary N) is 1. The van der Waals surface area contributed by atoms with Gasteiger partial charge in [-0.25, -0.2) is 0 Å². The predicted octanol–water partition coefficient (Wildman–Crippen LogP) is 3.20. The van der Waals surface area contributed by atoms with E-state index in [1.807, 2.05) is 41.3 Å². The van der Waals surface area contributed by atoms with Crippen LogP contribution < -0.4 is 5.32 Å². The van der Waals surface area contributed by atoms with Crippen LogP contribution in [0.3, 0.4) is 0 Å². The van der Waals surface area contributed by atoms with Gasteiger partial charge in [-0.3, -0.25) is 4.79 Å². The van der Waals surface area contributed by atoms with Crippen LogP contribution in [-0.2, 0) is 18.3 Å². The fourth-order valence-corrected chi connectivity index (χ4v) is 4.40. The molecule has 0 saturated carbocycles. The lowest BCUT2D eigenvalue weighted by atomic mass is 10.2. The molecule has 26 heavy (non-hydrogen) atoms. The Kier molecular flexibility index (Phi) is 4.96. The number of hydrogen-bond acceptors (Lipinski definition) is 8. The highest BCUT2D eigenvalue weighted by molar-refractivity contribution is 7.99. The van der Waals surface area contributed by atoms with E-state index < -0.39 is 0 Å². The fraction of sp³-hybridized carbons (Fsp3) is 0.188. The number of hydrogen-bond donors (Lipinski definition) is 1. The number of thiophene rings is 1. The normalized spacial score (nSPS) is 11.1. The number of carbonyl (C=O) groups excluding carboxylic acids is 1. The first-order chi connectivity index (χ1) is 12.7. The van der Waals surface area contributed by atoms with E-state index in [0.29, 0.717) is 11.2 Å². The summed E-state index contributed by atoms with van der Waals surface area (Å²) < 4.78 is 10.3. The van der Waals surface area contributed by atoms with Gasteiger partial charge in [-0.15, -0.1) is 21.5 Å². The third-order valence-corrected chi connectivity index (χ3v) is 6.17. The second-order valence-electron chi connectivity index (χ2n) is 5.49. The Balaban J connectivity index is 1.39. The average molecular weight is 403 g/mol. The van der Waals surface area contributed by atoms with E-state index in [1.165, 1.54) is 16.6 Å². The van der Waals surface area contributed by atoms with E-state index in [0.717, 1.165) is 34.6 Å². The van der Waals surface area contributed by atoms with Crippen LogP contribution in [0.15, 0.2) is 40.9 Å². The van der Waals surface area contributed by atoms with Crippen LogP contribution in [0.1, 0.15) is 10.7 Å². The molecule has 3 heterocycles. The van der Waals surface area contributed by atoms with E-state index >= 15 is 0 Å². The van der Waals surface area contributed by atoms with Gasteiger partial charge in [0.15, 0.2) is 5.16 Å². The highest BCUT2D eigenvalue weighted by Crippen LogP contribution is 2.23. The molecule has 0 fully saturated rings. The van der Waals surface area contributed by atoms with Gasteiger partial charge in [-0.1, -0.05) is 23.9 Å². The van der Waals surface area contributed by atoms with Crippen molar-refractivity contribution in [3.63, 3.8) is 0 Å². The van der Waals surface area contributed by atoms with Gasteiger partial charge in [0, 0.05) is 18.3 Å². The van der Waals surface area contributed by atoms with Gasteiger partial charge in [0.05, 0.1) is 23.2 Å². The monoisotopic (exact) mass is 402 g/mol. The molecule has 1 amide bonds. The van der Waals surface area contributed by atoms with Crippen molar-refractivity contribution in [2.45, 2.75) is 11.6 Å². The van der Waals surface area contributed by atoms with E-state index in [9.17, 15) is 4.79 Å². The van der Waals surface area contributed by atoms with Crippen molar-refractivity contribution in [2.24, 2.45) is 7.05 Å². The Hall–Kier alpha value is -2.30. The maximum Gasteiger partial charge on any atom is 0.234 e. The molecular formula is C16H14N6OS3. The largest absolute Gasteiger partial charge is 0.323 e. The van der Waals surface area contributed by atoms with Gasteiger partial charge < -0.3 is 9.88 Å². The summed E-state index contributed by atoms with van der Waals surface area (Å²) in [6, 6.07) is 9.65. The number of fused-ring (bicyclic) bond motifs is 1. The molecule has 132 valence electrons. The Labute approximate surface area is 161 Å². The van der Waals surface area contributed by atoms with Gasteiger partial charge >= 0.3 is 0 Å². The van der Waals surface area contributed by atoms with Crippen molar-refractivity contribution >= 4 is 57.5 Å². The molecule has 0 spiro atoms. The first-order valence-electron chi connectivity index (χ1n) is 7.75. The second-order valence-corrected chi connectivity index (χ2v) is 7.99. The molecule has 1 aromatic carbocycles. The van der Waals surface area contributed by atoms with Crippen molar-refractivity contribution in [3.05, 3.63) is 46.4 Å². The third kappa shape index (κ3) is 3.62. The molecule has 4 aromatic rings. The summed E-state index contributed by atoms with van der Waals surface area (Å²) in [5.41, 5.74) is 2.18. The molecule has 0 bridgehead atoms. The Bertz CT molecular complexity index is 1040. The molecule has 0 unspecified atom stereocenters. The summed E-state index contributed by atoms with van der Waals surface area (Å²) in [5.74, 6) is 1.02. The van der Waals surface area contributed by atoms with Crippen LogP contribution in [0.5, 0.6) is 0 Å². The summed E-state index contributed by atoms with van der Waals surface area (Å²) >= 11 is 4.19. The second kappa shape index (κ2) is 7.52. The van der Waals surface area contributed by atoms with Gasteiger partial charge in [-0.05, 0) is 23.6 Å². The van der Waals surface area contributed by atoms with Crippen molar-refractivity contribution < 1.29 is 4.79 Å². The number of benzene rings is 1. The number of thioether (sulfide) groups is 1. The highest BCUT2D eigenvalue weighted by atomic mass is 32.2. The summed E-state index contributed by atoms with van der Waals surface area (Å²) in [6.45, 7) is 0. The minimum absolute atomic E-state index is 0.113. The zero-order valence-corrected chi connectivity index (χ0v) is 16.2. The van der Waals surface area contributed by atoms with Crippen LogP contribution in [-0.4, -0.2) is 35.2 Å². The van der Waals surface area contributed by atoms with Gasteiger partial charge in [0.1, 0.15) is 16.9 Å². The fourth-order valence-electron chi connectivity index (χ4n) is 2.42. The van der Waals surface area contributed by atoms with Gasteiger partial charge in [0.2, 0.25) is 5.91 Å². The lowest BCUT2D eigenvalue weighted by Gasteiger charge is -2.06. The Morgan fingerprint density at radius 3 is 3.00 bits per heavy atom. The number of aromatic nitrogens is 5. The molecule has 10 heteroatoms. The zero-order valence-electron chi connectivity index (χ0n) is 13.7. The summed E-state index contributed by atoms with van der Waals surface area (Å²) in [7, 11) is 1.92. The molecule has 0 aliphatic carbocycles. The number of amides is 1. The molecule has 1 N–H and O–H groups in total. The predicted molar refractivity (Wildman–Crippen MR) is 105 cm³/mol. The topological polar surface area (TPSA) is 85.6 Å². The molecule has 0 radical (unpaired) electrons. The molecule has 7 nitrogen and oxygen atoms in total. The Morgan fingerprint density at radius 1 is 1.23 bits per heavy atom. The lowest BCUT2D eigenvalue weighted by molar-refractivity contribution is -0.113. The molecular weight excluding hydrogens is 388 g/mol. The smallest absolute Gasteiger partial charge is 0.234 e. The molecule has 0 aliphatic heterocycles. The van der Waals surface area contributed by atoms with E-state index in [2.05, 4.69) is 30.3 Å². The highest BCUT2D eigenvalue weighted by Gasteiger charge is 2.13. The van der Waals surface area contributed by atoms with Crippen molar-refractivity contribution in [2.75, 3.05) is 11.1 Å². The van der Waals surface area contributed by atoms with E-state index in [-0.39, 0.29) is 11.7 Å². The van der Waals surface area contributed by atoms with Crippen LogP contribution >= 0.6 is 34.8 Å². The summed E-state index contributed by atoms with van der Waals surface area (Å²) in [6.07, 6.45) is 0.743. The van der Waals surface area contributed by atoms with Crippen LogP contribution in [0.2, 0.25) is 0 Å². The maximum absolute atomic E-state index is 12.3. The van der Waals surface area contributed by atoms with Crippen molar-refractivity contribution in [1.29, 1.82) is 0 Å². The minimum Gasteiger partial charge on any atom is -0.323 e.